The second-order valence-corrected chi connectivity index (χ2v) is 8.25. The molecule has 2 aromatic heterocycles. The predicted molar refractivity (Wildman–Crippen MR) is 124 cm³/mol. The molecule has 8 heteroatoms. The van der Waals surface area contributed by atoms with Crippen LogP contribution in [0.4, 0.5) is 17.1 Å². The van der Waals surface area contributed by atoms with E-state index in [0.717, 1.165) is 24.2 Å². The number of carbonyl (C=O) groups excluding carboxylic acids is 2. The molecule has 1 aliphatic rings. The van der Waals surface area contributed by atoms with Crippen molar-refractivity contribution in [3.8, 4) is 0 Å². The highest BCUT2D eigenvalue weighted by Crippen LogP contribution is 2.29. The molecule has 4 rings (SSSR count). The number of aromatic nitrogens is 3. The molecule has 1 aromatic carbocycles. The molecular formula is C24H28N6O2. The summed E-state index contributed by atoms with van der Waals surface area (Å²) in [6.07, 6.45) is 12.0. The van der Waals surface area contributed by atoms with Gasteiger partial charge in [0.05, 0.1) is 23.8 Å². The molecule has 0 radical (unpaired) electrons. The number of pyridine rings is 1. The fourth-order valence-corrected chi connectivity index (χ4v) is 4.08. The lowest BCUT2D eigenvalue weighted by Gasteiger charge is -2.21. The smallest absolute Gasteiger partial charge is 0.251 e. The van der Waals surface area contributed by atoms with Crippen molar-refractivity contribution in [1.29, 1.82) is 0 Å². The maximum absolute atomic E-state index is 13.0. The average molecular weight is 433 g/mol. The Labute approximate surface area is 187 Å². The number of hydrogen-bond donors (Lipinski definition) is 3. The van der Waals surface area contributed by atoms with Gasteiger partial charge in [-0.25, -0.2) is 0 Å². The largest absolute Gasteiger partial charge is 0.354 e. The molecule has 8 nitrogen and oxygen atoms in total. The van der Waals surface area contributed by atoms with Crippen LogP contribution in [0.1, 0.15) is 42.5 Å². The summed E-state index contributed by atoms with van der Waals surface area (Å²) < 4.78 is 1.63. The molecule has 0 aliphatic heterocycles. The SMILES string of the molecule is Cn1cc(NC(=O)[C@H](CC2CCCC2)NC(=O)c2ccc(Nc3cccnc3)cc2)cn1. The van der Waals surface area contributed by atoms with E-state index in [9.17, 15) is 9.59 Å². The van der Waals surface area contributed by atoms with Crippen LogP contribution >= 0.6 is 0 Å². The highest BCUT2D eigenvalue weighted by molar-refractivity contribution is 6.01. The zero-order chi connectivity index (χ0) is 22.3. The summed E-state index contributed by atoms with van der Waals surface area (Å²) in [6.45, 7) is 0. The van der Waals surface area contributed by atoms with E-state index in [1.165, 1.54) is 12.8 Å². The molecule has 0 unspecified atom stereocenters. The van der Waals surface area contributed by atoms with Crippen molar-refractivity contribution in [1.82, 2.24) is 20.1 Å². The van der Waals surface area contributed by atoms with Gasteiger partial charge in [0.15, 0.2) is 0 Å². The van der Waals surface area contributed by atoms with Crippen molar-refractivity contribution in [2.24, 2.45) is 13.0 Å². The number of hydrogen-bond acceptors (Lipinski definition) is 5. The van der Waals surface area contributed by atoms with E-state index >= 15 is 0 Å². The van der Waals surface area contributed by atoms with Crippen LogP contribution in [-0.4, -0.2) is 32.6 Å². The quantitative estimate of drug-likeness (QED) is 0.502. The molecular weight excluding hydrogens is 404 g/mol. The standard InChI is InChI=1S/C24H28N6O2/c1-30-16-21(15-26-30)28-24(32)22(13-17-5-2-3-6-17)29-23(31)18-8-10-19(11-9-18)27-20-7-4-12-25-14-20/h4,7-12,14-17,22,27H,2-3,5-6,13H2,1H3,(H,28,32)(H,29,31)/t22-/m0/s1. The van der Waals surface area contributed by atoms with Crippen LogP contribution < -0.4 is 16.0 Å². The summed E-state index contributed by atoms with van der Waals surface area (Å²) in [7, 11) is 1.79. The van der Waals surface area contributed by atoms with Gasteiger partial charge in [-0.3, -0.25) is 19.3 Å². The van der Waals surface area contributed by atoms with Gasteiger partial charge in [-0.15, -0.1) is 0 Å². The molecule has 3 aromatic rings. The Hall–Kier alpha value is -3.68. The molecule has 1 fully saturated rings. The number of carbonyl (C=O) groups is 2. The summed E-state index contributed by atoms with van der Waals surface area (Å²) in [6, 6.07) is 10.3. The van der Waals surface area contributed by atoms with E-state index in [2.05, 4.69) is 26.0 Å². The molecule has 2 amide bonds. The maximum atomic E-state index is 13.0. The van der Waals surface area contributed by atoms with Crippen LogP contribution in [0.2, 0.25) is 0 Å². The molecule has 166 valence electrons. The van der Waals surface area contributed by atoms with Gasteiger partial charge in [0.1, 0.15) is 6.04 Å². The van der Waals surface area contributed by atoms with Crippen molar-refractivity contribution in [2.75, 3.05) is 10.6 Å². The first kappa shape index (κ1) is 21.5. The number of amides is 2. The van der Waals surface area contributed by atoms with Crippen LogP contribution in [0, 0.1) is 5.92 Å². The number of rotatable bonds is 8. The van der Waals surface area contributed by atoms with E-state index in [0.29, 0.717) is 23.6 Å². The van der Waals surface area contributed by atoms with Crippen LogP contribution in [0.3, 0.4) is 0 Å². The Morgan fingerprint density at radius 3 is 2.50 bits per heavy atom. The fraction of sp³-hybridized carbons (Fsp3) is 0.333. The minimum absolute atomic E-state index is 0.215. The first-order chi connectivity index (χ1) is 15.6. The highest BCUT2D eigenvalue weighted by Gasteiger charge is 2.27. The van der Waals surface area contributed by atoms with E-state index < -0.39 is 6.04 Å². The van der Waals surface area contributed by atoms with E-state index in [1.54, 1.807) is 48.6 Å². The monoisotopic (exact) mass is 432 g/mol. The number of anilines is 3. The van der Waals surface area contributed by atoms with Crippen molar-refractivity contribution < 1.29 is 9.59 Å². The van der Waals surface area contributed by atoms with Crippen LogP contribution in [0.15, 0.2) is 61.2 Å². The third-order valence-corrected chi connectivity index (χ3v) is 5.74. The minimum atomic E-state index is -0.598. The third kappa shape index (κ3) is 5.72. The third-order valence-electron chi connectivity index (χ3n) is 5.74. The normalized spacial score (nSPS) is 14.7. The van der Waals surface area contributed by atoms with Gasteiger partial charge >= 0.3 is 0 Å². The van der Waals surface area contributed by atoms with Gasteiger partial charge in [0.2, 0.25) is 5.91 Å². The van der Waals surface area contributed by atoms with Gasteiger partial charge in [-0.2, -0.15) is 5.10 Å². The summed E-state index contributed by atoms with van der Waals surface area (Å²) in [5.41, 5.74) is 2.85. The molecule has 1 saturated carbocycles. The second-order valence-electron chi connectivity index (χ2n) is 8.25. The average Bonchev–Trinajstić information content (AvgIpc) is 3.46. The van der Waals surface area contributed by atoms with Gasteiger partial charge in [-0.1, -0.05) is 25.7 Å². The molecule has 1 atom stereocenters. The van der Waals surface area contributed by atoms with Crippen LogP contribution in [-0.2, 0) is 11.8 Å². The van der Waals surface area contributed by atoms with Gasteiger partial charge in [0.25, 0.3) is 5.91 Å². The van der Waals surface area contributed by atoms with Gasteiger partial charge < -0.3 is 16.0 Å². The first-order valence-corrected chi connectivity index (χ1v) is 10.9. The van der Waals surface area contributed by atoms with Crippen molar-refractivity contribution in [3.05, 3.63) is 66.7 Å². The predicted octanol–water partition coefficient (Wildman–Crippen LogP) is 3.88. The van der Waals surface area contributed by atoms with E-state index in [4.69, 9.17) is 0 Å². The van der Waals surface area contributed by atoms with Crippen LogP contribution in [0.25, 0.3) is 0 Å². The molecule has 0 spiro atoms. The number of aryl methyl sites for hydroxylation is 1. The second kappa shape index (κ2) is 10.1. The molecule has 0 saturated heterocycles. The summed E-state index contributed by atoms with van der Waals surface area (Å²) in [5, 5.41) is 13.1. The maximum Gasteiger partial charge on any atom is 0.251 e. The Balaban J connectivity index is 1.41. The number of benzene rings is 1. The van der Waals surface area contributed by atoms with Crippen LogP contribution in [0.5, 0.6) is 0 Å². The van der Waals surface area contributed by atoms with Crippen molar-refractivity contribution in [3.63, 3.8) is 0 Å². The van der Waals surface area contributed by atoms with Gasteiger partial charge in [-0.05, 0) is 48.7 Å². The Kier molecular flexibility index (Phi) is 6.79. The van der Waals surface area contributed by atoms with E-state index in [1.807, 2.05) is 24.3 Å². The van der Waals surface area contributed by atoms with Crippen molar-refractivity contribution >= 4 is 28.9 Å². The molecule has 32 heavy (non-hydrogen) atoms. The molecule has 1 aliphatic carbocycles. The molecule has 3 N–H and O–H groups in total. The first-order valence-electron chi connectivity index (χ1n) is 10.9. The lowest BCUT2D eigenvalue weighted by atomic mass is 9.97. The summed E-state index contributed by atoms with van der Waals surface area (Å²) in [5.74, 6) is -0.0265. The zero-order valence-electron chi connectivity index (χ0n) is 18.1. The molecule has 0 bridgehead atoms. The Morgan fingerprint density at radius 2 is 1.84 bits per heavy atom. The van der Waals surface area contributed by atoms with Gasteiger partial charge in [0, 0.05) is 30.7 Å². The summed E-state index contributed by atoms with van der Waals surface area (Å²) >= 11 is 0. The lowest BCUT2D eigenvalue weighted by Crippen LogP contribution is -2.44. The Bertz CT molecular complexity index is 1040. The Morgan fingerprint density at radius 1 is 1.06 bits per heavy atom. The molecule has 2 heterocycles. The van der Waals surface area contributed by atoms with Crippen molar-refractivity contribution in [2.45, 2.75) is 38.1 Å². The minimum Gasteiger partial charge on any atom is -0.354 e. The van der Waals surface area contributed by atoms with E-state index in [-0.39, 0.29) is 11.8 Å². The topological polar surface area (TPSA) is 101 Å². The fourth-order valence-electron chi connectivity index (χ4n) is 4.08. The number of nitrogens with one attached hydrogen (secondary N) is 3. The zero-order valence-corrected chi connectivity index (χ0v) is 18.1. The highest BCUT2D eigenvalue weighted by atomic mass is 16.2. The lowest BCUT2D eigenvalue weighted by molar-refractivity contribution is -0.118. The summed E-state index contributed by atoms with van der Waals surface area (Å²) in [4.78, 5) is 30.0. The number of nitrogens with zero attached hydrogens (tertiary/aromatic N) is 3.